The molecule has 3 N–H and O–H groups in total. The number of nitrogens with zero attached hydrogens (tertiary/aromatic N) is 1. The third-order valence-corrected chi connectivity index (χ3v) is 5.23. The lowest BCUT2D eigenvalue weighted by Gasteiger charge is -2.17. The summed E-state index contributed by atoms with van der Waals surface area (Å²) >= 11 is 0. The Morgan fingerprint density at radius 3 is 2.23 bits per heavy atom. The van der Waals surface area contributed by atoms with Gasteiger partial charge in [-0.25, -0.2) is 9.59 Å². The molecule has 2 amide bonds. The van der Waals surface area contributed by atoms with Crippen molar-refractivity contribution >= 4 is 23.8 Å². The lowest BCUT2D eigenvalue weighted by atomic mass is 9.92. The number of hydrogen-bond acceptors (Lipinski definition) is 4. The third kappa shape index (κ3) is 4.17. The number of amides is 2. The van der Waals surface area contributed by atoms with E-state index in [1.165, 1.54) is 26.0 Å². The van der Waals surface area contributed by atoms with Crippen molar-refractivity contribution in [2.75, 3.05) is 13.1 Å². The topological polar surface area (TPSA) is 124 Å². The number of carboxylic acids is 2. The number of likely N-dealkylation sites (tertiary alicyclic amines) is 1. The predicted molar refractivity (Wildman–Crippen MR) is 109 cm³/mol. The molecule has 0 spiro atoms. The molecule has 2 aromatic rings. The highest BCUT2D eigenvalue weighted by Gasteiger charge is 2.27. The molecule has 0 radical (unpaired) electrons. The maximum Gasteiger partial charge on any atom is 0.336 e. The Morgan fingerprint density at radius 2 is 1.67 bits per heavy atom. The van der Waals surface area contributed by atoms with Crippen LogP contribution >= 0.6 is 0 Å². The van der Waals surface area contributed by atoms with Crippen molar-refractivity contribution in [3.05, 3.63) is 58.7 Å². The summed E-state index contributed by atoms with van der Waals surface area (Å²) in [6.45, 7) is 3.90. The largest absolute Gasteiger partial charge is 0.478 e. The Bertz CT molecular complexity index is 1030. The first-order valence-electron chi connectivity index (χ1n) is 9.46. The van der Waals surface area contributed by atoms with Crippen molar-refractivity contribution in [2.24, 2.45) is 0 Å². The van der Waals surface area contributed by atoms with E-state index >= 15 is 0 Å². The number of carbonyl (C=O) groups is 4. The molecule has 1 aliphatic heterocycles. The van der Waals surface area contributed by atoms with Gasteiger partial charge in [-0.3, -0.25) is 9.59 Å². The molecule has 30 heavy (non-hydrogen) atoms. The Balaban J connectivity index is 1.85. The first-order valence-corrected chi connectivity index (χ1v) is 9.46. The smallest absolute Gasteiger partial charge is 0.336 e. The highest BCUT2D eigenvalue weighted by molar-refractivity contribution is 6.02. The van der Waals surface area contributed by atoms with Gasteiger partial charge in [-0.2, -0.15) is 0 Å². The minimum Gasteiger partial charge on any atom is -0.478 e. The zero-order valence-electron chi connectivity index (χ0n) is 16.6. The standard InChI is InChI=1S/C22H22N2O6/c1-12-17(21(27)28)7-8-18(19(12)22(29)30)14-3-5-15(6-4-14)20(26)24-10-9-16(11-24)23-13(2)25/h3-8,16H,9-11H2,1-2H3,(H,23,25)(H,27,28)(H,29,30)/t16-/m1/s1. The van der Waals surface area contributed by atoms with E-state index in [1.807, 2.05) is 0 Å². The zero-order chi connectivity index (χ0) is 22.0. The lowest BCUT2D eigenvalue weighted by Crippen LogP contribution is -2.37. The Labute approximate surface area is 173 Å². The van der Waals surface area contributed by atoms with Crippen molar-refractivity contribution in [1.82, 2.24) is 10.2 Å². The molecule has 1 fully saturated rings. The summed E-state index contributed by atoms with van der Waals surface area (Å²) in [7, 11) is 0. The molecule has 1 saturated heterocycles. The second-order valence-corrected chi connectivity index (χ2v) is 7.29. The van der Waals surface area contributed by atoms with E-state index in [9.17, 15) is 29.4 Å². The van der Waals surface area contributed by atoms with Gasteiger partial charge in [-0.15, -0.1) is 0 Å². The monoisotopic (exact) mass is 410 g/mol. The fourth-order valence-electron chi connectivity index (χ4n) is 3.78. The summed E-state index contributed by atoms with van der Waals surface area (Å²) in [5, 5.41) is 21.7. The lowest BCUT2D eigenvalue weighted by molar-refractivity contribution is -0.119. The fourth-order valence-corrected chi connectivity index (χ4v) is 3.78. The van der Waals surface area contributed by atoms with Crippen molar-refractivity contribution < 1.29 is 29.4 Å². The van der Waals surface area contributed by atoms with Crippen LogP contribution in [0.2, 0.25) is 0 Å². The maximum atomic E-state index is 12.7. The molecule has 0 unspecified atom stereocenters. The second kappa shape index (κ2) is 8.36. The van der Waals surface area contributed by atoms with Crippen molar-refractivity contribution in [3.8, 4) is 11.1 Å². The first kappa shape index (κ1) is 21.0. The summed E-state index contributed by atoms with van der Waals surface area (Å²) < 4.78 is 0. The molecular formula is C22H22N2O6. The van der Waals surface area contributed by atoms with Crippen LogP contribution in [-0.2, 0) is 4.79 Å². The van der Waals surface area contributed by atoms with Crippen LogP contribution in [0.4, 0.5) is 0 Å². The van der Waals surface area contributed by atoms with Crippen LogP contribution in [0.3, 0.4) is 0 Å². The van der Waals surface area contributed by atoms with Crippen LogP contribution in [0.1, 0.15) is 50.0 Å². The third-order valence-electron chi connectivity index (χ3n) is 5.23. The number of carboxylic acid groups (broad SMARTS) is 2. The van der Waals surface area contributed by atoms with Gasteiger partial charge in [0.25, 0.3) is 5.91 Å². The number of carbonyl (C=O) groups excluding carboxylic acids is 2. The average Bonchev–Trinajstić information content (AvgIpc) is 3.14. The number of rotatable bonds is 5. The summed E-state index contributed by atoms with van der Waals surface area (Å²) in [5.74, 6) is -2.69. The minimum atomic E-state index is -1.22. The van der Waals surface area contributed by atoms with Crippen LogP contribution in [0.25, 0.3) is 11.1 Å². The fraction of sp³-hybridized carbons (Fsp3) is 0.273. The number of hydrogen-bond donors (Lipinski definition) is 3. The van der Waals surface area contributed by atoms with Crippen LogP contribution in [0.15, 0.2) is 36.4 Å². The van der Waals surface area contributed by atoms with Crippen molar-refractivity contribution in [3.63, 3.8) is 0 Å². The number of aromatic carboxylic acids is 2. The minimum absolute atomic E-state index is 0.0560. The van der Waals surface area contributed by atoms with E-state index in [0.717, 1.165) is 0 Å². The van der Waals surface area contributed by atoms with Gasteiger partial charge >= 0.3 is 11.9 Å². The SMILES string of the molecule is CC(=O)N[C@@H]1CCN(C(=O)c2ccc(-c3ccc(C(=O)O)c(C)c3C(=O)O)cc2)C1. The van der Waals surface area contributed by atoms with Crippen LogP contribution in [0.5, 0.6) is 0 Å². The Hall–Kier alpha value is -3.68. The molecule has 1 atom stereocenters. The normalized spacial score (nSPS) is 15.7. The Kier molecular flexibility index (Phi) is 5.86. The van der Waals surface area contributed by atoms with E-state index in [1.54, 1.807) is 29.2 Å². The zero-order valence-corrected chi connectivity index (χ0v) is 16.6. The van der Waals surface area contributed by atoms with Crippen molar-refractivity contribution in [2.45, 2.75) is 26.3 Å². The molecule has 156 valence electrons. The van der Waals surface area contributed by atoms with Gasteiger partial charge in [-0.1, -0.05) is 18.2 Å². The molecule has 8 nitrogen and oxygen atoms in total. The van der Waals surface area contributed by atoms with Gasteiger partial charge < -0.3 is 20.4 Å². The van der Waals surface area contributed by atoms with E-state index in [-0.39, 0.29) is 34.5 Å². The first-order chi connectivity index (χ1) is 14.2. The highest BCUT2D eigenvalue weighted by atomic mass is 16.4. The number of benzene rings is 2. The van der Waals surface area contributed by atoms with Gasteiger partial charge in [-0.05, 0) is 48.2 Å². The predicted octanol–water partition coefficient (Wildman–Crippen LogP) is 2.41. The van der Waals surface area contributed by atoms with Gasteiger partial charge in [0.1, 0.15) is 0 Å². The van der Waals surface area contributed by atoms with Crippen LogP contribution < -0.4 is 5.32 Å². The molecule has 1 aliphatic rings. The van der Waals surface area contributed by atoms with Gasteiger partial charge in [0.05, 0.1) is 11.1 Å². The molecule has 1 heterocycles. The molecule has 8 heteroatoms. The number of nitrogens with one attached hydrogen (secondary N) is 1. The summed E-state index contributed by atoms with van der Waals surface area (Å²) in [6, 6.07) is 9.33. The molecule has 2 aromatic carbocycles. The summed E-state index contributed by atoms with van der Waals surface area (Å²) in [4.78, 5) is 48.7. The summed E-state index contributed by atoms with van der Waals surface area (Å²) in [6.07, 6.45) is 0.695. The average molecular weight is 410 g/mol. The quantitative estimate of drug-likeness (QED) is 0.695. The van der Waals surface area contributed by atoms with Crippen molar-refractivity contribution in [1.29, 1.82) is 0 Å². The van der Waals surface area contributed by atoms with E-state index in [2.05, 4.69) is 5.32 Å². The molecule has 0 aromatic heterocycles. The molecule has 0 saturated carbocycles. The maximum absolute atomic E-state index is 12.7. The second-order valence-electron chi connectivity index (χ2n) is 7.29. The van der Waals surface area contributed by atoms with Crippen LogP contribution in [-0.4, -0.2) is 58.0 Å². The van der Waals surface area contributed by atoms with Crippen LogP contribution in [0, 0.1) is 6.92 Å². The molecule has 0 bridgehead atoms. The Morgan fingerprint density at radius 1 is 1.00 bits per heavy atom. The summed E-state index contributed by atoms with van der Waals surface area (Å²) in [5.41, 5.74) is 1.45. The molecular weight excluding hydrogens is 388 g/mol. The highest BCUT2D eigenvalue weighted by Crippen LogP contribution is 2.29. The van der Waals surface area contributed by atoms with Gasteiger partial charge in [0, 0.05) is 31.6 Å². The van der Waals surface area contributed by atoms with E-state index in [0.29, 0.717) is 36.2 Å². The van der Waals surface area contributed by atoms with Gasteiger partial charge in [0.2, 0.25) is 5.91 Å². The molecule has 3 rings (SSSR count). The van der Waals surface area contributed by atoms with E-state index < -0.39 is 11.9 Å². The van der Waals surface area contributed by atoms with Gasteiger partial charge in [0.15, 0.2) is 0 Å². The van der Waals surface area contributed by atoms with E-state index in [4.69, 9.17) is 0 Å². The molecule has 0 aliphatic carbocycles.